The molecule has 0 fully saturated rings. The zero-order valence-corrected chi connectivity index (χ0v) is 16.2. The van der Waals surface area contributed by atoms with Gasteiger partial charge in [0.05, 0.1) is 13.7 Å². The van der Waals surface area contributed by atoms with E-state index in [9.17, 15) is 13.6 Å². The fourth-order valence-corrected chi connectivity index (χ4v) is 2.92. The van der Waals surface area contributed by atoms with Crippen LogP contribution in [-0.4, -0.2) is 44.5 Å². The lowest BCUT2D eigenvalue weighted by molar-refractivity contribution is 0.203. The molecule has 0 saturated carbocycles. The molecule has 0 atom stereocenters. The highest BCUT2D eigenvalue weighted by molar-refractivity contribution is 7.98. The number of hydrogen-bond donors (Lipinski definition) is 1. The summed E-state index contributed by atoms with van der Waals surface area (Å²) in [6, 6.07) is 8.58. The molecule has 0 saturated heterocycles. The van der Waals surface area contributed by atoms with Gasteiger partial charge in [-0.05, 0) is 36.1 Å². The summed E-state index contributed by atoms with van der Waals surface area (Å²) in [5.41, 5.74) is 0.937. The number of thioether (sulfide) groups is 1. The SMILES string of the molecule is COc1cc(CN(C)C(=O)NCCOc2ccc(F)cc2F)ccc1SC. The normalized spacial score (nSPS) is 10.4. The van der Waals surface area contributed by atoms with E-state index in [1.165, 1.54) is 11.0 Å². The topological polar surface area (TPSA) is 50.8 Å². The number of halogens is 2. The number of carbonyl (C=O) groups is 1. The summed E-state index contributed by atoms with van der Waals surface area (Å²) in [6.07, 6.45) is 1.97. The lowest BCUT2D eigenvalue weighted by Gasteiger charge is -2.19. The van der Waals surface area contributed by atoms with E-state index < -0.39 is 11.6 Å². The Morgan fingerprint density at radius 2 is 1.96 bits per heavy atom. The lowest BCUT2D eigenvalue weighted by atomic mass is 10.2. The Morgan fingerprint density at radius 3 is 2.63 bits per heavy atom. The first-order valence-electron chi connectivity index (χ1n) is 8.22. The van der Waals surface area contributed by atoms with Crippen LogP contribution in [-0.2, 0) is 6.54 Å². The first-order valence-corrected chi connectivity index (χ1v) is 9.44. The van der Waals surface area contributed by atoms with E-state index in [1.807, 2.05) is 24.5 Å². The molecule has 1 N–H and O–H groups in total. The fraction of sp³-hybridized carbons (Fsp3) is 0.316. The second kappa shape index (κ2) is 10.0. The minimum Gasteiger partial charge on any atom is -0.496 e. The molecule has 0 spiro atoms. The van der Waals surface area contributed by atoms with Crippen LogP contribution in [0.5, 0.6) is 11.5 Å². The predicted molar refractivity (Wildman–Crippen MR) is 101 cm³/mol. The molecule has 2 rings (SSSR count). The molecule has 5 nitrogen and oxygen atoms in total. The second-order valence-corrected chi connectivity index (χ2v) is 6.55. The Labute approximate surface area is 161 Å². The van der Waals surface area contributed by atoms with Gasteiger partial charge in [0.15, 0.2) is 11.6 Å². The van der Waals surface area contributed by atoms with Crippen LogP contribution in [0.25, 0.3) is 0 Å². The Bertz CT molecular complexity index is 790. The number of carbonyl (C=O) groups excluding carboxylic acids is 1. The van der Waals surface area contributed by atoms with Crippen LogP contribution in [0.3, 0.4) is 0 Å². The molecule has 2 aromatic carbocycles. The largest absolute Gasteiger partial charge is 0.496 e. The van der Waals surface area contributed by atoms with Crippen LogP contribution in [0.1, 0.15) is 5.56 Å². The van der Waals surface area contributed by atoms with E-state index in [4.69, 9.17) is 9.47 Å². The van der Waals surface area contributed by atoms with E-state index in [2.05, 4.69) is 5.32 Å². The number of nitrogens with one attached hydrogen (secondary N) is 1. The monoisotopic (exact) mass is 396 g/mol. The third-order valence-corrected chi connectivity index (χ3v) is 4.52. The fourth-order valence-electron chi connectivity index (χ4n) is 2.37. The molecular formula is C19H22F2N2O3S. The van der Waals surface area contributed by atoms with Crippen molar-refractivity contribution >= 4 is 17.8 Å². The van der Waals surface area contributed by atoms with Gasteiger partial charge in [-0.15, -0.1) is 11.8 Å². The zero-order valence-electron chi connectivity index (χ0n) is 15.4. The van der Waals surface area contributed by atoms with Crippen LogP contribution < -0.4 is 14.8 Å². The Morgan fingerprint density at radius 1 is 1.19 bits per heavy atom. The van der Waals surface area contributed by atoms with Crippen molar-refractivity contribution in [1.29, 1.82) is 0 Å². The molecule has 0 aromatic heterocycles. The molecule has 27 heavy (non-hydrogen) atoms. The molecule has 0 aliphatic rings. The van der Waals surface area contributed by atoms with Crippen molar-refractivity contribution < 1.29 is 23.0 Å². The van der Waals surface area contributed by atoms with Gasteiger partial charge in [-0.1, -0.05) is 6.07 Å². The van der Waals surface area contributed by atoms with Gasteiger partial charge in [0, 0.05) is 24.6 Å². The third kappa shape index (κ3) is 6.02. The number of amides is 2. The highest BCUT2D eigenvalue weighted by atomic mass is 32.2. The van der Waals surface area contributed by atoms with Gasteiger partial charge in [0.25, 0.3) is 0 Å². The molecule has 0 bridgehead atoms. The van der Waals surface area contributed by atoms with Crippen LogP contribution in [0.4, 0.5) is 13.6 Å². The number of methoxy groups -OCH3 is 1. The van der Waals surface area contributed by atoms with Gasteiger partial charge in [0.1, 0.15) is 18.2 Å². The minimum atomic E-state index is -0.777. The predicted octanol–water partition coefficient (Wildman–Crippen LogP) is 3.92. The van der Waals surface area contributed by atoms with Crippen LogP contribution in [0.2, 0.25) is 0 Å². The highest BCUT2D eigenvalue weighted by Crippen LogP contribution is 2.28. The van der Waals surface area contributed by atoms with Crippen molar-refractivity contribution in [2.45, 2.75) is 11.4 Å². The molecule has 8 heteroatoms. The first kappa shape index (κ1) is 20.8. The van der Waals surface area contributed by atoms with Gasteiger partial charge in [0.2, 0.25) is 0 Å². The highest BCUT2D eigenvalue weighted by Gasteiger charge is 2.11. The molecule has 0 aliphatic heterocycles. The summed E-state index contributed by atoms with van der Waals surface area (Å²) in [5.74, 6) is -0.735. The third-order valence-electron chi connectivity index (χ3n) is 3.74. The maximum atomic E-state index is 13.5. The van der Waals surface area contributed by atoms with Crippen molar-refractivity contribution in [2.75, 3.05) is 33.6 Å². The Hall–Kier alpha value is -2.48. The number of urea groups is 1. The Kier molecular flexibility index (Phi) is 7.72. The van der Waals surface area contributed by atoms with Crippen molar-refractivity contribution in [3.63, 3.8) is 0 Å². The average Bonchev–Trinajstić information content (AvgIpc) is 2.66. The van der Waals surface area contributed by atoms with E-state index in [1.54, 1.807) is 25.9 Å². The lowest BCUT2D eigenvalue weighted by Crippen LogP contribution is -2.38. The standard InChI is InChI=1S/C19H22F2N2O3S/c1-23(12-13-4-7-18(27-3)17(10-13)25-2)19(24)22-8-9-26-16-6-5-14(20)11-15(16)21/h4-7,10-11H,8-9,12H2,1-3H3,(H,22,24). The zero-order chi connectivity index (χ0) is 19.8. The van der Waals surface area contributed by atoms with Crippen LogP contribution in [0, 0.1) is 11.6 Å². The number of hydrogen-bond acceptors (Lipinski definition) is 4. The summed E-state index contributed by atoms with van der Waals surface area (Å²) in [6.45, 7) is 0.664. The molecule has 0 radical (unpaired) electrons. The van der Waals surface area contributed by atoms with Gasteiger partial charge in [-0.25, -0.2) is 13.6 Å². The van der Waals surface area contributed by atoms with Crippen molar-refractivity contribution in [3.8, 4) is 11.5 Å². The van der Waals surface area contributed by atoms with E-state index >= 15 is 0 Å². The summed E-state index contributed by atoms with van der Waals surface area (Å²) in [7, 11) is 3.28. The number of nitrogens with zero attached hydrogens (tertiary/aromatic N) is 1. The van der Waals surface area contributed by atoms with Crippen molar-refractivity contribution in [1.82, 2.24) is 10.2 Å². The van der Waals surface area contributed by atoms with Crippen LogP contribution in [0.15, 0.2) is 41.3 Å². The maximum Gasteiger partial charge on any atom is 0.317 e. The number of benzene rings is 2. The number of ether oxygens (including phenoxy) is 2. The molecule has 0 unspecified atom stereocenters. The van der Waals surface area contributed by atoms with E-state index in [0.717, 1.165) is 28.3 Å². The van der Waals surface area contributed by atoms with Gasteiger partial charge in [-0.3, -0.25) is 0 Å². The molecule has 2 amide bonds. The van der Waals surface area contributed by atoms with E-state index in [-0.39, 0.29) is 24.9 Å². The first-order chi connectivity index (χ1) is 12.9. The number of rotatable bonds is 8. The van der Waals surface area contributed by atoms with Crippen LogP contribution >= 0.6 is 11.8 Å². The van der Waals surface area contributed by atoms with Gasteiger partial charge < -0.3 is 19.7 Å². The smallest absolute Gasteiger partial charge is 0.317 e. The summed E-state index contributed by atoms with van der Waals surface area (Å²) >= 11 is 1.59. The molecular weight excluding hydrogens is 374 g/mol. The summed E-state index contributed by atoms with van der Waals surface area (Å²) in [4.78, 5) is 14.7. The molecule has 2 aromatic rings. The van der Waals surface area contributed by atoms with Crippen molar-refractivity contribution in [2.24, 2.45) is 0 Å². The summed E-state index contributed by atoms with van der Waals surface area (Å²) < 4.78 is 36.8. The Balaban J connectivity index is 1.80. The molecule has 146 valence electrons. The van der Waals surface area contributed by atoms with Gasteiger partial charge in [-0.2, -0.15) is 0 Å². The minimum absolute atomic E-state index is 0.0556. The average molecular weight is 396 g/mol. The van der Waals surface area contributed by atoms with E-state index in [0.29, 0.717) is 6.54 Å². The molecule has 0 heterocycles. The van der Waals surface area contributed by atoms with Crippen molar-refractivity contribution in [3.05, 3.63) is 53.6 Å². The second-order valence-electron chi connectivity index (χ2n) is 5.70. The summed E-state index contributed by atoms with van der Waals surface area (Å²) in [5, 5.41) is 2.69. The molecule has 0 aliphatic carbocycles. The quantitative estimate of drug-likeness (QED) is 0.543. The van der Waals surface area contributed by atoms with Gasteiger partial charge >= 0.3 is 6.03 Å². The maximum absolute atomic E-state index is 13.5.